The van der Waals surface area contributed by atoms with Crippen molar-refractivity contribution in [1.82, 2.24) is 0 Å². The van der Waals surface area contributed by atoms with E-state index in [9.17, 15) is 9.59 Å². The number of methoxy groups -OCH3 is 1. The largest absolute Gasteiger partial charge is 0.469 e. The topological polar surface area (TPSA) is 76.0 Å². The first-order valence-electron chi connectivity index (χ1n) is 6.15. The van der Waals surface area contributed by atoms with Crippen LogP contribution in [-0.4, -0.2) is 30.3 Å². The summed E-state index contributed by atoms with van der Waals surface area (Å²) in [5.41, 5.74) is -0.350. The van der Waals surface area contributed by atoms with Crippen LogP contribution in [0.3, 0.4) is 0 Å². The fourth-order valence-electron chi connectivity index (χ4n) is 1.76. The van der Waals surface area contributed by atoms with Crippen molar-refractivity contribution in [1.29, 1.82) is 0 Å². The van der Waals surface area contributed by atoms with Crippen LogP contribution in [0.2, 0.25) is 0 Å². The lowest BCUT2D eigenvalue weighted by Crippen LogP contribution is -2.21. The highest BCUT2D eigenvalue weighted by Crippen LogP contribution is 2.26. The summed E-state index contributed by atoms with van der Waals surface area (Å²) in [6.07, 6.45) is 4.85. The highest BCUT2D eigenvalue weighted by molar-refractivity contribution is 5.80. The van der Waals surface area contributed by atoms with Gasteiger partial charge >= 0.3 is 5.97 Å². The van der Waals surface area contributed by atoms with Crippen LogP contribution in [0.5, 0.6) is 0 Å². The molecule has 18 heavy (non-hydrogen) atoms. The summed E-state index contributed by atoms with van der Waals surface area (Å²) in [5, 5.41) is 11.1. The molecule has 0 saturated heterocycles. The Kier molecular flexibility index (Phi) is 8.00. The van der Waals surface area contributed by atoms with Gasteiger partial charge in [-0.1, -0.05) is 13.8 Å². The van der Waals surface area contributed by atoms with E-state index in [-0.39, 0.29) is 23.6 Å². The Balaban J connectivity index is 3.88. The zero-order chi connectivity index (χ0) is 14.0. The molecule has 0 heterocycles. The standard InChI is InChI=1S/C13H23NO4/c1-13(2,10-12(16)18-3)9-11(15)7-5-4-6-8-14-17/h8,17H,4-7,9-10H2,1-3H3. The van der Waals surface area contributed by atoms with Crippen LogP contribution in [0.15, 0.2) is 5.16 Å². The molecule has 0 aliphatic carbocycles. The van der Waals surface area contributed by atoms with Crippen LogP contribution in [-0.2, 0) is 14.3 Å². The van der Waals surface area contributed by atoms with Crippen molar-refractivity contribution in [2.75, 3.05) is 7.11 Å². The molecule has 0 bridgehead atoms. The molecular formula is C13H23NO4. The lowest BCUT2D eigenvalue weighted by atomic mass is 9.83. The van der Waals surface area contributed by atoms with Crippen LogP contribution < -0.4 is 0 Å². The van der Waals surface area contributed by atoms with E-state index in [4.69, 9.17) is 5.21 Å². The molecule has 0 aromatic carbocycles. The summed E-state index contributed by atoms with van der Waals surface area (Å²) in [7, 11) is 1.35. The average Bonchev–Trinajstić information content (AvgIpc) is 2.27. The highest BCUT2D eigenvalue weighted by atomic mass is 16.5. The van der Waals surface area contributed by atoms with Crippen molar-refractivity contribution in [2.24, 2.45) is 10.6 Å². The van der Waals surface area contributed by atoms with Gasteiger partial charge in [0, 0.05) is 19.1 Å². The Bertz CT molecular complexity index is 297. The summed E-state index contributed by atoms with van der Waals surface area (Å²) in [5.74, 6) is -0.128. The number of ketones is 1. The molecule has 0 radical (unpaired) electrons. The molecular weight excluding hydrogens is 234 g/mol. The lowest BCUT2D eigenvalue weighted by Gasteiger charge is -2.22. The van der Waals surface area contributed by atoms with E-state index >= 15 is 0 Å². The van der Waals surface area contributed by atoms with E-state index in [0.29, 0.717) is 19.3 Å². The van der Waals surface area contributed by atoms with Gasteiger partial charge in [-0.15, -0.1) is 5.16 Å². The monoisotopic (exact) mass is 257 g/mol. The molecule has 5 nitrogen and oxygen atoms in total. The van der Waals surface area contributed by atoms with Crippen LogP contribution >= 0.6 is 0 Å². The molecule has 5 heteroatoms. The molecule has 0 atom stereocenters. The number of nitrogens with zero attached hydrogens (tertiary/aromatic N) is 1. The third-order valence-electron chi connectivity index (χ3n) is 2.65. The Morgan fingerprint density at radius 3 is 2.50 bits per heavy atom. The summed E-state index contributed by atoms with van der Waals surface area (Å²) < 4.78 is 4.60. The van der Waals surface area contributed by atoms with E-state index in [1.807, 2.05) is 13.8 Å². The van der Waals surface area contributed by atoms with Crippen molar-refractivity contribution < 1.29 is 19.5 Å². The number of oxime groups is 1. The lowest BCUT2D eigenvalue weighted by molar-refractivity contribution is -0.143. The molecule has 0 unspecified atom stereocenters. The summed E-state index contributed by atoms with van der Waals surface area (Å²) >= 11 is 0. The Morgan fingerprint density at radius 2 is 1.94 bits per heavy atom. The van der Waals surface area contributed by atoms with Gasteiger partial charge in [-0.05, 0) is 24.7 Å². The van der Waals surface area contributed by atoms with E-state index in [0.717, 1.165) is 12.8 Å². The first-order valence-corrected chi connectivity index (χ1v) is 6.15. The van der Waals surface area contributed by atoms with Gasteiger partial charge in [-0.25, -0.2) is 0 Å². The van der Waals surface area contributed by atoms with Crippen molar-refractivity contribution in [3.05, 3.63) is 0 Å². The minimum absolute atomic E-state index is 0.157. The third kappa shape index (κ3) is 8.73. The summed E-state index contributed by atoms with van der Waals surface area (Å²) in [4.78, 5) is 22.9. The van der Waals surface area contributed by atoms with Crippen LogP contribution in [0, 0.1) is 5.41 Å². The van der Waals surface area contributed by atoms with E-state index in [2.05, 4.69) is 9.89 Å². The first-order chi connectivity index (χ1) is 8.41. The first kappa shape index (κ1) is 16.6. The molecule has 0 amide bonds. The highest BCUT2D eigenvalue weighted by Gasteiger charge is 2.25. The predicted octanol–water partition coefficient (Wildman–Crippen LogP) is 2.56. The smallest absolute Gasteiger partial charge is 0.306 e. The normalized spacial score (nSPS) is 11.7. The molecule has 1 N–H and O–H groups in total. The maximum absolute atomic E-state index is 11.7. The molecule has 0 aromatic heterocycles. The van der Waals surface area contributed by atoms with Gasteiger partial charge in [-0.2, -0.15) is 0 Å². The number of unbranched alkanes of at least 4 members (excludes halogenated alkanes) is 2. The maximum Gasteiger partial charge on any atom is 0.306 e. The number of rotatable bonds is 9. The van der Waals surface area contributed by atoms with Gasteiger partial charge in [0.2, 0.25) is 0 Å². The molecule has 0 spiro atoms. The molecule has 104 valence electrons. The van der Waals surface area contributed by atoms with Crippen molar-refractivity contribution in [3.63, 3.8) is 0 Å². The third-order valence-corrected chi connectivity index (χ3v) is 2.65. The van der Waals surface area contributed by atoms with Gasteiger partial charge in [0.25, 0.3) is 0 Å². The van der Waals surface area contributed by atoms with Crippen LogP contribution in [0.25, 0.3) is 0 Å². The van der Waals surface area contributed by atoms with E-state index in [1.165, 1.54) is 13.3 Å². The van der Waals surface area contributed by atoms with Gasteiger partial charge in [0.15, 0.2) is 0 Å². The number of hydrogen-bond acceptors (Lipinski definition) is 5. The average molecular weight is 257 g/mol. The van der Waals surface area contributed by atoms with Crippen molar-refractivity contribution in [3.8, 4) is 0 Å². The van der Waals surface area contributed by atoms with Gasteiger partial charge in [0.05, 0.1) is 13.5 Å². The predicted molar refractivity (Wildman–Crippen MR) is 68.8 cm³/mol. The maximum atomic E-state index is 11.7. The zero-order valence-corrected chi connectivity index (χ0v) is 11.4. The quantitative estimate of drug-likeness (QED) is 0.226. The minimum Gasteiger partial charge on any atom is -0.469 e. The fraction of sp³-hybridized carbons (Fsp3) is 0.769. The Morgan fingerprint density at radius 1 is 1.28 bits per heavy atom. The summed E-state index contributed by atoms with van der Waals surface area (Å²) in [6.45, 7) is 3.78. The van der Waals surface area contributed by atoms with Gasteiger partial charge < -0.3 is 9.94 Å². The molecule has 0 aliphatic rings. The Labute approximate surface area is 108 Å². The number of carbonyl (C=O) groups excluding carboxylic acids is 2. The second-order valence-corrected chi connectivity index (χ2v) is 5.18. The molecule has 0 aromatic rings. The Hall–Kier alpha value is -1.39. The molecule has 0 fully saturated rings. The number of hydrogen-bond donors (Lipinski definition) is 1. The minimum atomic E-state index is -0.350. The van der Waals surface area contributed by atoms with Gasteiger partial charge in [0.1, 0.15) is 5.78 Å². The SMILES string of the molecule is COC(=O)CC(C)(C)CC(=O)CCCCC=NO. The molecule has 0 rings (SSSR count). The number of carbonyl (C=O) groups is 2. The molecule has 0 aliphatic heterocycles. The fourth-order valence-corrected chi connectivity index (χ4v) is 1.76. The van der Waals surface area contributed by atoms with E-state index in [1.54, 1.807) is 0 Å². The second-order valence-electron chi connectivity index (χ2n) is 5.18. The number of Topliss-reactive ketones (excluding diaryl/α,β-unsaturated/α-hetero) is 1. The van der Waals surface area contributed by atoms with Crippen molar-refractivity contribution in [2.45, 2.75) is 52.4 Å². The van der Waals surface area contributed by atoms with Crippen LogP contribution in [0.4, 0.5) is 0 Å². The second kappa shape index (κ2) is 8.66. The van der Waals surface area contributed by atoms with E-state index < -0.39 is 0 Å². The van der Waals surface area contributed by atoms with Crippen LogP contribution in [0.1, 0.15) is 52.4 Å². The molecule has 0 saturated carbocycles. The summed E-state index contributed by atoms with van der Waals surface area (Å²) in [6, 6.07) is 0. The zero-order valence-electron chi connectivity index (χ0n) is 11.4. The van der Waals surface area contributed by atoms with Crippen molar-refractivity contribution >= 4 is 18.0 Å². The van der Waals surface area contributed by atoms with Gasteiger partial charge in [-0.3, -0.25) is 9.59 Å². The number of esters is 1. The number of ether oxygens (including phenoxy) is 1.